The molecule has 74 valence electrons. The van der Waals surface area contributed by atoms with E-state index < -0.39 is 0 Å². The molecule has 0 aromatic carbocycles. The minimum Gasteiger partial charge on any atom is -0.347 e. The molecule has 3 atom stereocenters. The zero-order valence-electron chi connectivity index (χ0n) is 9.49. The molecule has 0 bridgehead atoms. The number of hydrogen-bond acceptors (Lipinski definition) is 2. The predicted molar refractivity (Wildman–Crippen MR) is 57.8 cm³/mol. The molecule has 13 heavy (non-hydrogen) atoms. The van der Waals surface area contributed by atoms with Crippen molar-refractivity contribution in [1.82, 2.24) is 9.71 Å². The van der Waals surface area contributed by atoms with Crippen LogP contribution in [0.15, 0.2) is 0 Å². The summed E-state index contributed by atoms with van der Waals surface area (Å²) in [5.74, 6) is 0. The summed E-state index contributed by atoms with van der Waals surface area (Å²) in [7, 11) is 5.98. The molecule has 0 saturated carbocycles. The number of piperazine rings is 1. The van der Waals surface area contributed by atoms with Crippen LogP contribution >= 0.6 is 0 Å². The van der Waals surface area contributed by atoms with Crippen molar-refractivity contribution in [2.45, 2.75) is 58.8 Å². The van der Waals surface area contributed by atoms with E-state index in [1.165, 1.54) is 0 Å². The maximum Gasteiger partial charge on any atom is 0.183 e. The zero-order valence-corrected chi connectivity index (χ0v) is 9.49. The van der Waals surface area contributed by atoms with Crippen LogP contribution in [0.25, 0.3) is 0 Å². The summed E-state index contributed by atoms with van der Waals surface area (Å²) in [6.45, 7) is 12.2. The van der Waals surface area contributed by atoms with E-state index in [1.807, 2.05) is 4.81 Å². The molecule has 0 N–H and O–H groups in total. The van der Waals surface area contributed by atoms with Gasteiger partial charge in [0.2, 0.25) is 0 Å². The summed E-state index contributed by atoms with van der Waals surface area (Å²) < 4.78 is 0. The fraction of sp³-hybridized carbons (Fsp3) is 1.00. The third kappa shape index (κ3) is 2.08. The lowest BCUT2D eigenvalue weighted by Gasteiger charge is -2.49. The second-order valence-corrected chi connectivity index (χ2v) is 4.57. The molecule has 1 heterocycles. The Morgan fingerprint density at radius 3 is 2.15 bits per heavy atom. The molecule has 1 fully saturated rings. The van der Waals surface area contributed by atoms with Gasteiger partial charge in [0.1, 0.15) is 0 Å². The Kier molecular flexibility index (Phi) is 3.41. The molecule has 0 aromatic rings. The van der Waals surface area contributed by atoms with Gasteiger partial charge in [0, 0.05) is 30.7 Å². The predicted octanol–water partition coefficient (Wildman–Crippen LogP) is 1.26. The summed E-state index contributed by atoms with van der Waals surface area (Å²) in [6.07, 6.45) is 0. The molecule has 1 aliphatic rings. The fourth-order valence-electron chi connectivity index (χ4n) is 2.17. The van der Waals surface area contributed by atoms with Crippen LogP contribution in [-0.2, 0) is 0 Å². The third-order valence-corrected chi connectivity index (χ3v) is 3.34. The Bertz CT molecular complexity index is 172. The van der Waals surface area contributed by atoms with Crippen molar-refractivity contribution in [3.63, 3.8) is 0 Å². The number of hydrogen-bond donors (Lipinski definition) is 0. The first kappa shape index (κ1) is 11.1. The molecule has 0 aliphatic carbocycles. The zero-order chi connectivity index (χ0) is 10.2. The molecule has 1 saturated heterocycles. The first-order chi connectivity index (χ1) is 5.95. The van der Waals surface area contributed by atoms with Crippen molar-refractivity contribution in [3.05, 3.63) is 0 Å². The second-order valence-electron chi connectivity index (χ2n) is 4.57. The quantitative estimate of drug-likeness (QED) is 0.560. The van der Waals surface area contributed by atoms with E-state index in [1.54, 1.807) is 0 Å². The van der Waals surface area contributed by atoms with Gasteiger partial charge in [-0.15, -0.1) is 0 Å². The Morgan fingerprint density at radius 2 is 1.69 bits per heavy atom. The van der Waals surface area contributed by atoms with Gasteiger partial charge in [-0.2, -0.15) is 0 Å². The topological polar surface area (TPSA) is 6.48 Å². The molecule has 3 unspecified atom stereocenters. The van der Waals surface area contributed by atoms with Gasteiger partial charge in [-0.1, -0.05) is 0 Å². The highest BCUT2D eigenvalue weighted by Crippen LogP contribution is 2.21. The van der Waals surface area contributed by atoms with Gasteiger partial charge >= 0.3 is 0 Å². The van der Waals surface area contributed by atoms with Crippen LogP contribution in [0, 0.1) is 0 Å². The van der Waals surface area contributed by atoms with E-state index in [2.05, 4.69) is 39.5 Å². The van der Waals surface area contributed by atoms with E-state index in [4.69, 9.17) is 7.98 Å². The van der Waals surface area contributed by atoms with Gasteiger partial charge in [-0.05, 0) is 34.6 Å². The molecule has 2 nitrogen and oxygen atoms in total. The van der Waals surface area contributed by atoms with E-state index in [0.717, 1.165) is 6.54 Å². The molecular weight excluding hydrogens is 159 g/mol. The summed E-state index contributed by atoms with van der Waals surface area (Å²) in [5, 5.41) is 0. The van der Waals surface area contributed by atoms with Gasteiger partial charge in [-0.3, -0.25) is 4.90 Å². The summed E-state index contributed by atoms with van der Waals surface area (Å²) in [4.78, 5) is 4.52. The Morgan fingerprint density at radius 1 is 1.15 bits per heavy atom. The number of nitrogens with zero attached hydrogens (tertiary/aromatic N) is 2. The summed E-state index contributed by atoms with van der Waals surface area (Å²) in [5.41, 5.74) is 0. The van der Waals surface area contributed by atoms with Gasteiger partial charge < -0.3 is 4.81 Å². The number of rotatable bonds is 1. The SMILES string of the molecule is [B]N1C(C)CN(C(C)C)C(C)C1C. The van der Waals surface area contributed by atoms with Crippen molar-refractivity contribution in [1.29, 1.82) is 0 Å². The van der Waals surface area contributed by atoms with Crippen molar-refractivity contribution in [2.75, 3.05) is 6.54 Å². The molecule has 0 amide bonds. The Labute approximate surface area is 83.7 Å². The highest BCUT2D eigenvalue weighted by atomic mass is 15.3. The average molecular weight is 180 g/mol. The second kappa shape index (κ2) is 4.01. The van der Waals surface area contributed by atoms with Crippen LogP contribution in [0.5, 0.6) is 0 Å². The standard InChI is InChI=1S/C10H21BN2/c1-7(2)12-6-8(3)13(11)10(5)9(12)4/h7-10H,6H2,1-5H3. The lowest BCUT2D eigenvalue weighted by atomic mass is 9.95. The normalized spacial score (nSPS) is 38.5. The van der Waals surface area contributed by atoms with Crippen LogP contribution in [0.3, 0.4) is 0 Å². The highest BCUT2D eigenvalue weighted by Gasteiger charge is 2.33. The van der Waals surface area contributed by atoms with Crippen LogP contribution in [0.2, 0.25) is 0 Å². The Hall–Kier alpha value is -0.0151. The van der Waals surface area contributed by atoms with E-state index in [9.17, 15) is 0 Å². The fourth-order valence-corrected chi connectivity index (χ4v) is 2.17. The molecule has 1 rings (SSSR count). The van der Waals surface area contributed by atoms with Crippen LogP contribution in [0.1, 0.15) is 34.6 Å². The lowest BCUT2D eigenvalue weighted by molar-refractivity contribution is 0.0300. The highest BCUT2D eigenvalue weighted by molar-refractivity contribution is 6.04. The molecule has 1 aliphatic heterocycles. The van der Waals surface area contributed by atoms with Gasteiger partial charge in [0.25, 0.3) is 0 Å². The smallest absolute Gasteiger partial charge is 0.183 e. The van der Waals surface area contributed by atoms with Gasteiger partial charge in [0.15, 0.2) is 7.98 Å². The maximum atomic E-state index is 5.98. The van der Waals surface area contributed by atoms with Crippen molar-refractivity contribution in [3.8, 4) is 0 Å². The minimum absolute atomic E-state index is 0.450. The minimum atomic E-state index is 0.450. The first-order valence-electron chi connectivity index (χ1n) is 5.24. The van der Waals surface area contributed by atoms with E-state index >= 15 is 0 Å². The van der Waals surface area contributed by atoms with Crippen molar-refractivity contribution < 1.29 is 0 Å². The molecular formula is C10H21BN2. The lowest BCUT2D eigenvalue weighted by Crippen LogP contribution is -2.61. The summed E-state index contributed by atoms with van der Waals surface area (Å²) in [6, 6.07) is 2.09. The molecule has 2 radical (unpaired) electrons. The average Bonchev–Trinajstić information content (AvgIpc) is 2.07. The van der Waals surface area contributed by atoms with Crippen LogP contribution in [0.4, 0.5) is 0 Å². The molecule has 0 aromatic heterocycles. The summed E-state index contributed by atoms with van der Waals surface area (Å²) >= 11 is 0. The van der Waals surface area contributed by atoms with E-state index in [0.29, 0.717) is 24.2 Å². The van der Waals surface area contributed by atoms with Gasteiger partial charge in [0.05, 0.1) is 0 Å². The first-order valence-corrected chi connectivity index (χ1v) is 5.24. The largest absolute Gasteiger partial charge is 0.347 e. The van der Waals surface area contributed by atoms with Crippen molar-refractivity contribution >= 4 is 7.98 Å². The van der Waals surface area contributed by atoms with Gasteiger partial charge in [-0.25, -0.2) is 0 Å². The maximum absolute atomic E-state index is 5.98. The molecule has 3 heteroatoms. The van der Waals surface area contributed by atoms with Crippen molar-refractivity contribution in [2.24, 2.45) is 0 Å². The molecule has 0 spiro atoms. The monoisotopic (exact) mass is 180 g/mol. The third-order valence-electron chi connectivity index (χ3n) is 3.34. The van der Waals surface area contributed by atoms with Crippen LogP contribution < -0.4 is 0 Å². The Balaban J connectivity index is 2.70. The van der Waals surface area contributed by atoms with Crippen LogP contribution in [-0.4, -0.2) is 48.4 Å². The van der Waals surface area contributed by atoms with E-state index in [-0.39, 0.29) is 0 Å².